The highest BCUT2D eigenvalue weighted by atomic mass is 35.5. The summed E-state index contributed by atoms with van der Waals surface area (Å²) in [4.78, 5) is 6.32. The van der Waals surface area contributed by atoms with Crippen LogP contribution in [0, 0.1) is 38.5 Å². The Hall–Kier alpha value is -3.32. The molecule has 188 valence electrons. The summed E-state index contributed by atoms with van der Waals surface area (Å²) in [7, 11) is 0. The quantitative estimate of drug-likeness (QED) is 0.382. The van der Waals surface area contributed by atoms with Crippen LogP contribution in [0.2, 0.25) is 5.02 Å². The Morgan fingerprint density at radius 1 is 1.08 bits per heavy atom. The van der Waals surface area contributed by atoms with Gasteiger partial charge in [0.25, 0.3) is 0 Å². The molecule has 10 heteroatoms. The summed E-state index contributed by atoms with van der Waals surface area (Å²) in [5, 5.41) is 22.3. The van der Waals surface area contributed by atoms with Crippen molar-refractivity contribution in [2.24, 2.45) is 10.9 Å². The van der Waals surface area contributed by atoms with Crippen LogP contribution in [0.15, 0.2) is 33.7 Å². The second-order valence-corrected chi connectivity index (χ2v) is 10.8. The van der Waals surface area contributed by atoms with Gasteiger partial charge in [0.1, 0.15) is 16.9 Å². The zero-order chi connectivity index (χ0) is 25.5. The number of hydrogen-bond acceptors (Lipinski definition) is 8. The highest BCUT2D eigenvalue weighted by Gasteiger charge is 2.32. The molecule has 8 nitrogen and oxygen atoms in total. The molecule has 0 bridgehead atoms. The zero-order valence-corrected chi connectivity index (χ0v) is 22.4. The number of aryl methyl sites for hydroxylation is 2. The highest BCUT2D eigenvalue weighted by molar-refractivity contribution is 7.15. The van der Waals surface area contributed by atoms with Gasteiger partial charge in [-0.15, -0.1) is 31.7 Å². The highest BCUT2D eigenvalue weighted by Crippen LogP contribution is 2.39. The zero-order valence-electron chi connectivity index (χ0n) is 20.9. The van der Waals surface area contributed by atoms with E-state index in [-0.39, 0.29) is 6.04 Å². The molecule has 5 heterocycles. The summed E-state index contributed by atoms with van der Waals surface area (Å²) in [6.07, 6.45) is 2.59. The number of benzene rings is 1. The summed E-state index contributed by atoms with van der Waals surface area (Å²) < 4.78 is 7.82. The molecule has 0 aliphatic carbocycles. The summed E-state index contributed by atoms with van der Waals surface area (Å²) in [6, 6.07) is 7.46. The molecule has 0 spiro atoms. The van der Waals surface area contributed by atoms with Crippen LogP contribution in [0.1, 0.15) is 63.9 Å². The van der Waals surface area contributed by atoms with Gasteiger partial charge < -0.3 is 9.73 Å². The molecule has 0 saturated carbocycles. The molecule has 1 N–H and O–H groups in total. The fraction of sp³-hybridized carbons (Fsp3) is 0.370. The van der Waals surface area contributed by atoms with Crippen LogP contribution >= 0.6 is 22.9 Å². The van der Waals surface area contributed by atoms with Gasteiger partial charge in [-0.1, -0.05) is 35.6 Å². The van der Waals surface area contributed by atoms with E-state index in [1.807, 2.05) is 31.2 Å². The fourth-order valence-corrected chi connectivity index (χ4v) is 6.21. The van der Waals surface area contributed by atoms with Gasteiger partial charge in [-0.2, -0.15) is 0 Å². The molecule has 1 saturated heterocycles. The predicted octanol–water partition coefficient (Wildman–Crippen LogP) is 4.78. The number of aromatic nitrogens is 5. The maximum atomic E-state index is 6.24. The van der Waals surface area contributed by atoms with Crippen molar-refractivity contribution >= 4 is 28.6 Å². The smallest absolute Gasteiger partial charge is 0.219 e. The molecular formula is C27H26ClN7OS. The van der Waals surface area contributed by atoms with Gasteiger partial charge in [0.05, 0.1) is 17.0 Å². The molecule has 0 unspecified atom stereocenters. The van der Waals surface area contributed by atoms with Crippen LogP contribution in [0.3, 0.4) is 0 Å². The first kappa shape index (κ1) is 24.0. The van der Waals surface area contributed by atoms with Crippen LogP contribution in [-0.2, 0) is 6.42 Å². The van der Waals surface area contributed by atoms with Crippen LogP contribution in [-0.4, -0.2) is 43.8 Å². The van der Waals surface area contributed by atoms with Gasteiger partial charge in [0, 0.05) is 29.0 Å². The van der Waals surface area contributed by atoms with E-state index in [2.05, 4.69) is 49.0 Å². The van der Waals surface area contributed by atoms with Crippen molar-refractivity contribution in [1.29, 1.82) is 0 Å². The molecule has 0 radical (unpaired) electrons. The van der Waals surface area contributed by atoms with Crippen molar-refractivity contribution < 1.29 is 4.42 Å². The first-order chi connectivity index (χ1) is 18.0. The Bertz CT molecular complexity index is 1550. The second kappa shape index (κ2) is 9.86. The van der Waals surface area contributed by atoms with Crippen LogP contribution in [0.5, 0.6) is 0 Å². The van der Waals surface area contributed by atoms with E-state index in [4.69, 9.17) is 21.0 Å². The third-order valence-electron chi connectivity index (χ3n) is 6.78. The van der Waals surface area contributed by atoms with E-state index >= 15 is 0 Å². The van der Waals surface area contributed by atoms with E-state index < -0.39 is 0 Å². The molecular weight excluding hydrogens is 506 g/mol. The molecule has 4 aromatic rings. The summed E-state index contributed by atoms with van der Waals surface area (Å²) in [6.45, 7) is 7.94. The minimum atomic E-state index is -0.352. The number of thiophene rings is 1. The molecule has 1 fully saturated rings. The second-order valence-electron chi connectivity index (χ2n) is 9.39. The van der Waals surface area contributed by atoms with Gasteiger partial charge >= 0.3 is 0 Å². The molecule has 2 aliphatic rings. The average Bonchev–Trinajstić information content (AvgIpc) is 3.55. The number of hydrogen-bond donors (Lipinski definition) is 1. The fourth-order valence-electron chi connectivity index (χ4n) is 4.86. The number of fused-ring (bicyclic) bond motifs is 3. The Kier molecular flexibility index (Phi) is 6.41. The van der Waals surface area contributed by atoms with E-state index in [1.165, 1.54) is 0 Å². The van der Waals surface area contributed by atoms with Crippen molar-refractivity contribution in [3.05, 3.63) is 74.3 Å². The minimum Gasteiger partial charge on any atom is -0.426 e. The molecule has 1 atom stereocenters. The lowest BCUT2D eigenvalue weighted by Gasteiger charge is -2.17. The summed E-state index contributed by atoms with van der Waals surface area (Å²) in [5.74, 6) is 10.1. The Labute approximate surface area is 224 Å². The first-order valence-corrected chi connectivity index (χ1v) is 13.6. The van der Waals surface area contributed by atoms with Crippen LogP contribution < -0.4 is 5.32 Å². The third kappa shape index (κ3) is 4.61. The van der Waals surface area contributed by atoms with Crippen molar-refractivity contribution in [3.8, 4) is 16.8 Å². The van der Waals surface area contributed by atoms with Gasteiger partial charge in [0.15, 0.2) is 5.82 Å². The normalized spacial score (nSPS) is 17.4. The van der Waals surface area contributed by atoms with Crippen LogP contribution in [0.4, 0.5) is 0 Å². The van der Waals surface area contributed by atoms with E-state index in [0.29, 0.717) is 29.1 Å². The maximum Gasteiger partial charge on any atom is 0.219 e. The third-order valence-corrected chi connectivity index (χ3v) is 8.23. The van der Waals surface area contributed by atoms with E-state index in [1.54, 1.807) is 18.3 Å². The van der Waals surface area contributed by atoms with Gasteiger partial charge in [-0.05, 0) is 57.5 Å². The van der Waals surface area contributed by atoms with Crippen LogP contribution in [0.25, 0.3) is 5.00 Å². The average molecular weight is 532 g/mol. The largest absolute Gasteiger partial charge is 0.426 e. The monoisotopic (exact) mass is 531 g/mol. The van der Waals surface area contributed by atoms with Crippen molar-refractivity contribution in [2.45, 2.75) is 46.1 Å². The molecule has 1 aromatic carbocycles. The molecule has 0 amide bonds. The topological polar surface area (TPSA) is 94.0 Å². The van der Waals surface area contributed by atoms with Crippen molar-refractivity contribution in [1.82, 2.24) is 30.3 Å². The predicted molar refractivity (Wildman–Crippen MR) is 144 cm³/mol. The Morgan fingerprint density at radius 2 is 1.86 bits per heavy atom. The number of nitrogens with zero attached hydrogens (tertiary/aromatic N) is 6. The molecule has 6 rings (SSSR count). The van der Waals surface area contributed by atoms with Gasteiger partial charge in [-0.25, -0.2) is 0 Å². The maximum absolute atomic E-state index is 6.24. The van der Waals surface area contributed by atoms with E-state index in [0.717, 1.165) is 69.9 Å². The lowest BCUT2D eigenvalue weighted by molar-refractivity contribution is 0.446. The van der Waals surface area contributed by atoms with Gasteiger partial charge in [-0.3, -0.25) is 9.56 Å². The number of halogens is 1. The number of nitrogens with one attached hydrogen (secondary N) is 1. The van der Waals surface area contributed by atoms with Crippen molar-refractivity contribution in [2.75, 3.05) is 13.1 Å². The van der Waals surface area contributed by atoms with Gasteiger partial charge in [0.2, 0.25) is 11.8 Å². The van der Waals surface area contributed by atoms with Crippen molar-refractivity contribution in [3.63, 3.8) is 0 Å². The number of aliphatic imine (C=N–C) groups is 1. The summed E-state index contributed by atoms with van der Waals surface area (Å²) in [5.41, 5.74) is 4.02. The molecule has 3 aromatic heterocycles. The lowest BCUT2D eigenvalue weighted by atomic mass is 9.97. The lowest BCUT2D eigenvalue weighted by Crippen LogP contribution is -2.26. The summed E-state index contributed by atoms with van der Waals surface area (Å²) >= 11 is 7.91. The SMILES string of the molecule is Cc1nnc(C[C@@H]2N=C(c3ccc(Cl)cc3)c3c(sc(C#CC4CCNCC4)c3C)-n3c(C)nnc32)o1. The Morgan fingerprint density at radius 3 is 2.59 bits per heavy atom. The minimum absolute atomic E-state index is 0.352. The molecule has 2 aliphatic heterocycles. The number of rotatable bonds is 3. The Balaban J connectivity index is 1.53. The number of piperidine rings is 1. The first-order valence-electron chi connectivity index (χ1n) is 12.4. The molecule has 37 heavy (non-hydrogen) atoms. The standard InChI is InChI=1S/C27H26ClN7OS/c1-15-22(9-4-18-10-12-29-13-11-18)37-27-24(15)25(19-5-7-20(28)8-6-19)30-21(14-23-33-32-17(3)36-23)26-34-31-16(2)35(26)27/h5-8,18,21,29H,10-14H2,1-3H3/t21-/m0/s1. The van der Waals surface area contributed by atoms with E-state index in [9.17, 15) is 0 Å².